The summed E-state index contributed by atoms with van der Waals surface area (Å²) in [5.74, 6) is 0.385. The van der Waals surface area contributed by atoms with Gasteiger partial charge in [0.2, 0.25) is 0 Å². The van der Waals surface area contributed by atoms with Gasteiger partial charge in [-0.25, -0.2) is 0 Å². The van der Waals surface area contributed by atoms with Gasteiger partial charge in [0.05, 0.1) is 17.5 Å². The molecule has 1 aromatic rings. The Kier molecular flexibility index (Phi) is 4.80. The van der Waals surface area contributed by atoms with Crippen LogP contribution in [-0.4, -0.2) is 17.7 Å². The first-order chi connectivity index (χ1) is 7.49. The van der Waals surface area contributed by atoms with Crippen molar-refractivity contribution < 1.29 is 14.6 Å². The highest BCUT2D eigenvalue weighted by molar-refractivity contribution is 9.10. The summed E-state index contributed by atoms with van der Waals surface area (Å²) in [6.07, 6.45) is 0.0308. The van der Waals surface area contributed by atoms with Gasteiger partial charge in [-0.1, -0.05) is 19.9 Å². The van der Waals surface area contributed by atoms with Crippen LogP contribution in [-0.2, 0) is 11.2 Å². The molecule has 4 heteroatoms. The van der Waals surface area contributed by atoms with Gasteiger partial charge < -0.3 is 9.84 Å². The van der Waals surface area contributed by atoms with E-state index in [0.29, 0.717) is 12.5 Å². The van der Waals surface area contributed by atoms with Gasteiger partial charge in [0, 0.05) is 0 Å². The van der Waals surface area contributed by atoms with Gasteiger partial charge in [-0.05, 0) is 39.5 Å². The predicted octanol–water partition coefficient (Wildman–Crippen LogP) is 3.11. The van der Waals surface area contributed by atoms with E-state index in [-0.39, 0.29) is 6.42 Å². The number of hydrogen-bond acceptors (Lipinski definition) is 2. The van der Waals surface area contributed by atoms with Crippen LogP contribution < -0.4 is 4.74 Å². The summed E-state index contributed by atoms with van der Waals surface area (Å²) >= 11 is 3.37. The number of halogens is 1. The smallest absolute Gasteiger partial charge is 0.307 e. The van der Waals surface area contributed by atoms with E-state index in [1.807, 2.05) is 0 Å². The van der Waals surface area contributed by atoms with Crippen LogP contribution in [0.5, 0.6) is 5.75 Å². The zero-order valence-corrected chi connectivity index (χ0v) is 11.0. The molecule has 0 saturated heterocycles. The normalized spacial score (nSPS) is 10.5. The van der Waals surface area contributed by atoms with E-state index in [1.54, 1.807) is 18.2 Å². The van der Waals surface area contributed by atoms with Crippen LogP contribution in [0.3, 0.4) is 0 Å². The largest absolute Gasteiger partial charge is 0.492 e. The number of benzene rings is 1. The molecule has 0 fully saturated rings. The standard InChI is InChI=1S/C12H15BrO3/c1-8(2)7-16-11-4-3-9(5-10(11)13)6-12(14)15/h3-5,8H,6-7H2,1-2H3,(H,14,15). The van der Waals surface area contributed by atoms with Gasteiger partial charge in [0.15, 0.2) is 0 Å². The van der Waals surface area contributed by atoms with Crippen molar-refractivity contribution in [3.05, 3.63) is 28.2 Å². The first-order valence-electron chi connectivity index (χ1n) is 5.12. The maximum absolute atomic E-state index is 10.5. The van der Waals surface area contributed by atoms with E-state index >= 15 is 0 Å². The lowest BCUT2D eigenvalue weighted by molar-refractivity contribution is -0.136. The number of carboxylic acids is 1. The highest BCUT2D eigenvalue weighted by Gasteiger charge is 2.06. The molecule has 1 N–H and O–H groups in total. The van der Waals surface area contributed by atoms with Crippen LogP contribution in [0.4, 0.5) is 0 Å². The maximum Gasteiger partial charge on any atom is 0.307 e. The van der Waals surface area contributed by atoms with Crippen molar-refractivity contribution in [2.75, 3.05) is 6.61 Å². The summed E-state index contributed by atoms with van der Waals surface area (Å²) in [6.45, 7) is 4.80. The quantitative estimate of drug-likeness (QED) is 0.905. The average Bonchev–Trinajstić information content (AvgIpc) is 2.15. The van der Waals surface area contributed by atoms with Gasteiger partial charge in [0.25, 0.3) is 0 Å². The van der Waals surface area contributed by atoms with Crippen LogP contribution in [0.15, 0.2) is 22.7 Å². The van der Waals surface area contributed by atoms with E-state index in [4.69, 9.17) is 9.84 Å². The molecule has 0 aliphatic heterocycles. The molecule has 88 valence electrons. The van der Waals surface area contributed by atoms with E-state index in [9.17, 15) is 4.79 Å². The van der Waals surface area contributed by atoms with Crippen LogP contribution in [0.25, 0.3) is 0 Å². The molecule has 0 spiro atoms. The maximum atomic E-state index is 10.5. The highest BCUT2D eigenvalue weighted by atomic mass is 79.9. The SMILES string of the molecule is CC(C)COc1ccc(CC(=O)O)cc1Br. The van der Waals surface area contributed by atoms with Crippen molar-refractivity contribution in [3.63, 3.8) is 0 Å². The minimum absolute atomic E-state index is 0.0308. The third-order valence-corrected chi connectivity index (χ3v) is 2.54. The predicted molar refractivity (Wildman–Crippen MR) is 65.8 cm³/mol. The van der Waals surface area contributed by atoms with Gasteiger partial charge in [0.1, 0.15) is 5.75 Å². The molecule has 0 aliphatic rings. The molecule has 0 bridgehead atoms. The summed E-state index contributed by atoms with van der Waals surface area (Å²) in [5.41, 5.74) is 0.760. The summed E-state index contributed by atoms with van der Waals surface area (Å²) in [6, 6.07) is 5.35. The Morgan fingerprint density at radius 2 is 2.19 bits per heavy atom. The first-order valence-corrected chi connectivity index (χ1v) is 5.91. The number of aliphatic carboxylic acids is 1. The van der Waals surface area contributed by atoms with E-state index in [0.717, 1.165) is 15.8 Å². The fraction of sp³-hybridized carbons (Fsp3) is 0.417. The molecule has 0 unspecified atom stereocenters. The number of ether oxygens (including phenoxy) is 1. The topological polar surface area (TPSA) is 46.5 Å². The van der Waals surface area contributed by atoms with Crippen LogP contribution in [0.2, 0.25) is 0 Å². The van der Waals surface area contributed by atoms with Crippen molar-refractivity contribution in [1.82, 2.24) is 0 Å². The number of carboxylic acid groups (broad SMARTS) is 1. The molecule has 16 heavy (non-hydrogen) atoms. The van der Waals surface area contributed by atoms with Crippen molar-refractivity contribution in [1.29, 1.82) is 0 Å². The molecule has 0 radical (unpaired) electrons. The van der Waals surface area contributed by atoms with Crippen molar-refractivity contribution in [2.45, 2.75) is 20.3 Å². The minimum Gasteiger partial charge on any atom is -0.492 e. The first kappa shape index (κ1) is 13.0. The Labute approximate surface area is 104 Å². The molecule has 1 rings (SSSR count). The number of carbonyl (C=O) groups is 1. The lowest BCUT2D eigenvalue weighted by Crippen LogP contribution is -2.05. The minimum atomic E-state index is -0.831. The molecule has 0 heterocycles. The highest BCUT2D eigenvalue weighted by Crippen LogP contribution is 2.26. The fourth-order valence-electron chi connectivity index (χ4n) is 1.20. The second-order valence-electron chi connectivity index (χ2n) is 4.04. The van der Waals surface area contributed by atoms with Crippen molar-refractivity contribution in [2.24, 2.45) is 5.92 Å². The van der Waals surface area contributed by atoms with Crippen molar-refractivity contribution in [3.8, 4) is 5.75 Å². The Balaban J connectivity index is 2.71. The second kappa shape index (κ2) is 5.89. The van der Waals surface area contributed by atoms with Crippen LogP contribution >= 0.6 is 15.9 Å². The van der Waals surface area contributed by atoms with E-state index < -0.39 is 5.97 Å². The summed E-state index contributed by atoms with van der Waals surface area (Å²) in [4.78, 5) is 10.5. The summed E-state index contributed by atoms with van der Waals surface area (Å²) in [5, 5.41) is 8.66. The number of hydrogen-bond donors (Lipinski definition) is 1. The third-order valence-electron chi connectivity index (χ3n) is 1.92. The lowest BCUT2D eigenvalue weighted by atomic mass is 10.1. The van der Waals surface area contributed by atoms with E-state index in [2.05, 4.69) is 29.8 Å². The average molecular weight is 287 g/mol. The van der Waals surface area contributed by atoms with Gasteiger partial charge in [-0.3, -0.25) is 4.79 Å². The fourth-order valence-corrected chi connectivity index (χ4v) is 1.74. The van der Waals surface area contributed by atoms with Gasteiger partial charge in [-0.2, -0.15) is 0 Å². The Morgan fingerprint density at radius 3 is 2.69 bits per heavy atom. The Morgan fingerprint density at radius 1 is 1.50 bits per heavy atom. The zero-order chi connectivity index (χ0) is 12.1. The summed E-state index contributed by atoms with van der Waals surface area (Å²) in [7, 11) is 0. The Bertz CT molecular complexity index is 375. The van der Waals surface area contributed by atoms with Gasteiger partial charge in [-0.15, -0.1) is 0 Å². The van der Waals surface area contributed by atoms with Crippen LogP contribution in [0, 0.1) is 5.92 Å². The third kappa shape index (κ3) is 4.23. The molecule has 0 saturated carbocycles. The Hall–Kier alpha value is -1.03. The molecular formula is C12H15BrO3. The molecule has 3 nitrogen and oxygen atoms in total. The molecule has 0 atom stereocenters. The van der Waals surface area contributed by atoms with Crippen LogP contribution in [0.1, 0.15) is 19.4 Å². The van der Waals surface area contributed by atoms with Crippen molar-refractivity contribution >= 4 is 21.9 Å². The zero-order valence-electron chi connectivity index (χ0n) is 9.37. The lowest BCUT2D eigenvalue weighted by Gasteiger charge is -2.11. The molecule has 0 amide bonds. The molecule has 0 aromatic heterocycles. The number of rotatable bonds is 5. The van der Waals surface area contributed by atoms with E-state index in [1.165, 1.54) is 0 Å². The molecular weight excluding hydrogens is 272 g/mol. The molecule has 0 aliphatic carbocycles. The summed E-state index contributed by atoms with van der Waals surface area (Å²) < 4.78 is 6.36. The van der Waals surface area contributed by atoms with Gasteiger partial charge >= 0.3 is 5.97 Å². The second-order valence-corrected chi connectivity index (χ2v) is 4.89. The monoisotopic (exact) mass is 286 g/mol. The molecule has 1 aromatic carbocycles.